The normalized spacial score (nSPS) is 27.3. The molecule has 1 aliphatic carbocycles. The van der Waals surface area contributed by atoms with Crippen molar-refractivity contribution < 1.29 is 14.3 Å². The van der Waals surface area contributed by atoms with E-state index < -0.39 is 0 Å². The summed E-state index contributed by atoms with van der Waals surface area (Å²) in [5.41, 5.74) is 0. The number of fused-ring (bicyclic) bond motifs is 1. The highest BCUT2D eigenvalue weighted by Crippen LogP contribution is 2.42. The molecule has 0 radical (unpaired) electrons. The lowest BCUT2D eigenvalue weighted by Crippen LogP contribution is -2.40. The smallest absolute Gasteiger partial charge is 0.317 e. The first kappa shape index (κ1) is 19.7. The molecule has 3 amide bonds. The van der Waals surface area contributed by atoms with Crippen molar-refractivity contribution in [2.75, 3.05) is 40.3 Å². The molecule has 8 nitrogen and oxygen atoms in total. The van der Waals surface area contributed by atoms with E-state index in [9.17, 15) is 9.59 Å². The summed E-state index contributed by atoms with van der Waals surface area (Å²) in [4.78, 5) is 27.8. The molecule has 150 valence electrons. The summed E-state index contributed by atoms with van der Waals surface area (Å²) in [6, 6.07) is 2.03. The minimum Gasteiger partial charge on any atom is -0.366 e. The summed E-state index contributed by atoms with van der Waals surface area (Å²) in [6.07, 6.45) is 6.33. The van der Waals surface area contributed by atoms with Crippen LogP contribution in [0, 0.1) is 11.8 Å². The van der Waals surface area contributed by atoms with Gasteiger partial charge in [0.05, 0.1) is 12.1 Å². The van der Waals surface area contributed by atoms with Crippen LogP contribution in [-0.2, 0) is 9.53 Å². The third kappa shape index (κ3) is 4.61. The maximum absolute atomic E-state index is 12.3. The number of hydrogen-bond donors (Lipinski definition) is 1. The molecule has 0 spiro atoms. The summed E-state index contributed by atoms with van der Waals surface area (Å²) < 4.78 is 7.99. The van der Waals surface area contributed by atoms with Gasteiger partial charge in [0.1, 0.15) is 6.61 Å². The monoisotopic (exact) mass is 377 g/mol. The topological polar surface area (TPSA) is 79.7 Å². The third-order valence-corrected chi connectivity index (χ3v) is 5.68. The number of rotatable bonds is 6. The van der Waals surface area contributed by atoms with Crippen LogP contribution in [0.1, 0.15) is 32.2 Å². The molecule has 1 aromatic rings. The molecule has 1 aromatic heterocycles. The first-order valence-electron chi connectivity index (χ1n) is 9.83. The molecule has 4 atom stereocenters. The van der Waals surface area contributed by atoms with Crippen LogP contribution >= 0.6 is 0 Å². The van der Waals surface area contributed by atoms with Crippen molar-refractivity contribution in [3.8, 4) is 0 Å². The van der Waals surface area contributed by atoms with Crippen molar-refractivity contribution in [3.63, 3.8) is 0 Å². The van der Waals surface area contributed by atoms with Crippen LogP contribution in [-0.4, -0.2) is 78.0 Å². The second kappa shape index (κ2) is 8.73. The van der Waals surface area contributed by atoms with E-state index in [1.54, 1.807) is 25.2 Å². The number of hydrogen-bond acceptors (Lipinski definition) is 4. The molecule has 1 aliphatic heterocycles. The number of nitrogens with one attached hydrogen (secondary N) is 1. The van der Waals surface area contributed by atoms with Gasteiger partial charge in [-0.2, -0.15) is 5.10 Å². The number of ether oxygens (including phenoxy) is 1. The van der Waals surface area contributed by atoms with Crippen molar-refractivity contribution >= 4 is 11.9 Å². The lowest BCUT2D eigenvalue weighted by Gasteiger charge is -2.37. The van der Waals surface area contributed by atoms with Crippen molar-refractivity contribution in [1.29, 1.82) is 0 Å². The Balaban J connectivity index is 1.67. The van der Waals surface area contributed by atoms with Crippen LogP contribution in [0.25, 0.3) is 0 Å². The van der Waals surface area contributed by atoms with Gasteiger partial charge < -0.3 is 19.9 Å². The van der Waals surface area contributed by atoms with Gasteiger partial charge in [0.2, 0.25) is 5.91 Å². The lowest BCUT2D eigenvalue weighted by molar-refractivity contribution is -0.138. The van der Waals surface area contributed by atoms with E-state index in [1.165, 1.54) is 0 Å². The Kier molecular flexibility index (Phi) is 6.36. The lowest BCUT2D eigenvalue weighted by atomic mass is 9.77. The van der Waals surface area contributed by atoms with Gasteiger partial charge >= 0.3 is 6.03 Å². The third-order valence-electron chi connectivity index (χ3n) is 5.68. The van der Waals surface area contributed by atoms with Crippen LogP contribution < -0.4 is 5.32 Å². The number of nitrogens with zero attached hydrogens (tertiary/aromatic N) is 4. The molecule has 0 unspecified atom stereocenters. The van der Waals surface area contributed by atoms with Gasteiger partial charge in [0.25, 0.3) is 0 Å². The fourth-order valence-corrected chi connectivity index (χ4v) is 4.14. The van der Waals surface area contributed by atoms with Crippen molar-refractivity contribution in [3.05, 3.63) is 18.5 Å². The fourth-order valence-electron chi connectivity index (χ4n) is 4.14. The summed E-state index contributed by atoms with van der Waals surface area (Å²) in [7, 11) is 3.47. The van der Waals surface area contributed by atoms with Crippen molar-refractivity contribution in [2.45, 2.75) is 38.3 Å². The number of likely N-dealkylation sites (N-methyl/N-ethyl adjacent to an activating group) is 1. The van der Waals surface area contributed by atoms with Crippen LogP contribution in [0.5, 0.6) is 0 Å². The molecule has 1 saturated carbocycles. The molecule has 27 heavy (non-hydrogen) atoms. The molecule has 2 fully saturated rings. The van der Waals surface area contributed by atoms with Crippen molar-refractivity contribution in [2.24, 2.45) is 11.8 Å². The Bertz CT molecular complexity index is 633. The van der Waals surface area contributed by atoms with Gasteiger partial charge in [0, 0.05) is 46.1 Å². The average Bonchev–Trinajstić information content (AvgIpc) is 3.32. The standard InChI is InChI=1S/C19H31N5O3/c1-4-6-20-19(26)23-11-14-9-16(24-8-5-7-21-24)17(10-15(14)12-23)27-13-18(25)22(2)3/h5,7-8,14-17H,4,6,9-13H2,1-3H3,(H,20,26)/t14-,15+,16-,17-/m0/s1. The molecule has 0 bridgehead atoms. The van der Waals surface area contributed by atoms with Crippen LogP contribution in [0.15, 0.2) is 18.5 Å². The van der Waals surface area contributed by atoms with E-state index in [0.717, 1.165) is 32.4 Å². The molecule has 8 heteroatoms. The zero-order chi connectivity index (χ0) is 19.4. The van der Waals surface area contributed by atoms with Crippen LogP contribution in [0.2, 0.25) is 0 Å². The zero-order valence-electron chi connectivity index (χ0n) is 16.5. The van der Waals surface area contributed by atoms with Crippen LogP contribution in [0.4, 0.5) is 4.79 Å². The second-order valence-corrected chi connectivity index (χ2v) is 7.82. The SMILES string of the molecule is CCCNC(=O)N1C[C@H]2C[C@H](OCC(=O)N(C)C)[C@@H](n3cccn3)C[C@H]2C1. The number of amides is 3. The summed E-state index contributed by atoms with van der Waals surface area (Å²) in [5, 5.41) is 7.38. The van der Waals surface area contributed by atoms with E-state index in [0.29, 0.717) is 18.4 Å². The number of carbonyl (C=O) groups excluding carboxylic acids is 2. The Hall–Kier alpha value is -2.09. The maximum Gasteiger partial charge on any atom is 0.317 e. The highest BCUT2D eigenvalue weighted by Gasteiger charge is 2.44. The Morgan fingerprint density at radius 2 is 2.00 bits per heavy atom. The highest BCUT2D eigenvalue weighted by molar-refractivity contribution is 5.76. The van der Waals surface area contributed by atoms with E-state index >= 15 is 0 Å². The number of aromatic nitrogens is 2. The summed E-state index contributed by atoms with van der Waals surface area (Å²) in [6.45, 7) is 4.37. The van der Waals surface area contributed by atoms with Gasteiger partial charge in [0.15, 0.2) is 0 Å². The predicted molar refractivity (Wildman–Crippen MR) is 101 cm³/mol. The minimum absolute atomic E-state index is 0.0298. The molecular weight excluding hydrogens is 346 g/mol. The van der Waals surface area contributed by atoms with E-state index in [4.69, 9.17) is 4.74 Å². The second-order valence-electron chi connectivity index (χ2n) is 7.82. The molecule has 0 aromatic carbocycles. The van der Waals surface area contributed by atoms with Gasteiger partial charge in [-0.1, -0.05) is 6.92 Å². The molecular formula is C19H31N5O3. The van der Waals surface area contributed by atoms with E-state index in [-0.39, 0.29) is 30.7 Å². The van der Waals surface area contributed by atoms with Crippen LogP contribution in [0.3, 0.4) is 0 Å². The van der Waals surface area contributed by atoms with E-state index in [2.05, 4.69) is 17.3 Å². The van der Waals surface area contributed by atoms with Crippen molar-refractivity contribution in [1.82, 2.24) is 24.9 Å². The maximum atomic E-state index is 12.3. The molecule has 2 heterocycles. The Labute approximate surface area is 160 Å². The van der Waals surface area contributed by atoms with Gasteiger partial charge in [-0.3, -0.25) is 9.48 Å². The predicted octanol–water partition coefficient (Wildman–Crippen LogP) is 1.36. The molecule has 2 aliphatic rings. The summed E-state index contributed by atoms with van der Waals surface area (Å²) >= 11 is 0. The summed E-state index contributed by atoms with van der Waals surface area (Å²) in [5.74, 6) is 0.808. The quantitative estimate of drug-likeness (QED) is 0.812. The number of carbonyl (C=O) groups is 2. The number of likely N-dealkylation sites (tertiary alicyclic amines) is 1. The van der Waals surface area contributed by atoms with E-state index in [1.807, 2.05) is 21.8 Å². The molecule has 1 N–H and O–H groups in total. The largest absolute Gasteiger partial charge is 0.366 e. The first-order chi connectivity index (χ1) is 13.0. The Morgan fingerprint density at radius 1 is 1.26 bits per heavy atom. The number of urea groups is 1. The van der Waals surface area contributed by atoms with Gasteiger partial charge in [-0.15, -0.1) is 0 Å². The van der Waals surface area contributed by atoms with Gasteiger partial charge in [-0.25, -0.2) is 4.79 Å². The molecule has 3 rings (SSSR count). The fraction of sp³-hybridized carbons (Fsp3) is 0.737. The minimum atomic E-state index is -0.0753. The average molecular weight is 377 g/mol. The Morgan fingerprint density at radius 3 is 2.63 bits per heavy atom. The zero-order valence-corrected chi connectivity index (χ0v) is 16.5. The first-order valence-corrected chi connectivity index (χ1v) is 9.83. The molecule has 1 saturated heterocycles. The van der Waals surface area contributed by atoms with Gasteiger partial charge in [-0.05, 0) is 37.2 Å². The highest BCUT2D eigenvalue weighted by atomic mass is 16.5.